The second-order valence-electron chi connectivity index (χ2n) is 11.4. The van der Waals surface area contributed by atoms with Crippen molar-refractivity contribution in [1.29, 1.82) is 0 Å². The second-order valence-corrected chi connectivity index (χ2v) is 11.4. The molecule has 1 unspecified atom stereocenters. The van der Waals surface area contributed by atoms with Crippen LogP contribution in [0.3, 0.4) is 0 Å². The number of ether oxygens (including phenoxy) is 2. The summed E-state index contributed by atoms with van der Waals surface area (Å²) in [5, 5.41) is 0. The lowest BCUT2D eigenvalue weighted by Crippen LogP contribution is -2.53. The van der Waals surface area contributed by atoms with Crippen molar-refractivity contribution in [2.45, 2.75) is 76.6 Å². The minimum atomic E-state index is -4.78. The number of rotatable bonds is 9. The molecule has 9 heteroatoms. The summed E-state index contributed by atoms with van der Waals surface area (Å²) in [4.78, 5) is 30.1. The van der Waals surface area contributed by atoms with Crippen LogP contribution in [-0.2, 0) is 22.1 Å². The van der Waals surface area contributed by atoms with Crippen LogP contribution in [-0.4, -0.2) is 55.7 Å². The van der Waals surface area contributed by atoms with E-state index in [1.54, 1.807) is 14.2 Å². The Labute approximate surface area is 234 Å². The monoisotopic (exact) mass is 560 g/mol. The lowest BCUT2D eigenvalue weighted by atomic mass is 9.79. The molecule has 0 spiro atoms. The van der Waals surface area contributed by atoms with E-state index in [0.717, 1.165) is 43.7 Å². The highest BCUT2D eigenvalue weighted by atomic mass is 19.4. The number of anilines is 1. The Bertz CT molecular complexity index is 1200. The molecule has 1 fully saturated rings. The van der Waals surface area contributed by atoms with Crippen molar-refractivity contribution in [3.8, 4) is 5.75 Å². The second kappa shape index (κ2) is 12.2. The Hall–Kier alpha value is -3.07. The standard InChI is InChI=1S/C31H39F3N2O4/c1-30(2)29(38)36(16-10-11-17-39-4)26-19-23(24(31(32,33)34)20-27(26)40-30)28(37)35(3)25-15-9-8-14-22(25)18-21-12-6-5-7-13-21/h5-7,12-13,19-20,22,25H,8-11,14-18H2,1-4H3/t22-,25?/m0/s1. The molecule has 2 aliphatic rings. The quantitative estimate of drug-likeness (QED) is 0.328. The lowest BCUT2D eigenvalue weighted by Gasteiger charge is -2.40. The molecule has 218 valence electrons. The van der Waals surface area contributed by atoms with Gasteiger partial charge >= 0.3 is 6.18 Å². The van der Waals surface area contributed by atoms with Gasteiger partial charge in [0.2, 0.25) is 0 Å². The van der Waals surface area contributed by atoms with Crippen LogP contribution in [0.5, 0.6) is 5.75 Å². The van der Waals surface area contributed by atoms with Gasteiger partial charge in [-0.15, -0.1) is 0 Å². The molecule has 4 rings (SSSR count). The van der Waals surface area contributed by atoms with Gasteiger partial charge in [0, 0.05) is 33.4 Å². The van der Waals surface area contributed by atoms with Gasteiger partial charge < -0.3 is 19.3 Å². The number of fused-ring (bicyclic) bond motifs is 1. The zero-order valence-corrected chi connectivity index (χ0v) is 23.7. The van der Waals surface area contributed by atoms with Gasteiger partial charge in [0.1, 0.15) is 5.75 Å². The largest absolute Gasteiger partial charge is 0.476 e. The molecule has 0 aromatic heterocycles. The highest BCUT2D eigenvalue weighted by Gasteiger charge is 2.45. The summed E-state index contributed by atoms with van der Waals surface area (Å²) in [5.41, 5.74) is -1.52. The fourth-order valence-electron chi connectivity index (χ4n) is 5.96. The van der Waals surface area contributed by atoms with Gasteiger partial charge in [0.15, 0.2) is 5.60 Å². The first-order chi connectivity index (χ1) is 18.9. The highest BCUT2D eigenvalue weighted by molar-refractivity contribution is 6.05. The number of carbonyl (C=O) groups is 2. The SMILES string of the molecule is COCCCCN1C(=O)C(C)(C)Oc2cc(C(F)(F)F)c(C(=O)N(C)C3CCCC[C@H]3Cc3ccccc3)cc21. The Balaban J connectivity index is 1.70. The van der Waals surface area contributed by atoms with E-state index >= 15 is 0 Å². The molecule has 40 heavy (non-hydrogen) atoms. The Morgan fingerprint density at radius 3 is 2.50 bits per heavy atom. The topological polar surface area (TPSA) is 59.1 Å². The molecule has 1 heterocycles. The fraction of sp³-hybridized carbons (Fsp3) is 0.548. The van der Waals surface area contributed by atoms with Crippen molar-refractivity contribution in [2.24, 2.45) is 5.92 Å². The van der Waals surface area contributed by atoms with Crippen molar-refractivity contribution in [1.82, 2.24) is 4.90 Å². The van der Waals surface area contributed by atoms with Gasteiger partial charge in [-0.05, 0) is 69.6 Å². The molecule has 0 saturated heterocycles. The number of halogens is 3. The van der Waals surface area contributed by atoms with Gasteiger partial charge in [-0.2, -0.15) is 13.2 Å². The minimum absolute atomic E-state index is 0.0532. The maximum atomic E-state index is 14.4. The lowest BCUT2D eigenvalue weighted by molar-refractivity contribution is -0.138. The van der Waals surface area contributed by atoms with Crippen LogP contribution in [0.25, 0.3) is 0 Å². The van der Waals surface area contributed by atoms with E-state index in [0.29, 0.717) is 19.4 Å². The number of hydrogen-bond acceptors (Lipinski definition) is 4. The molecule has 0 radical (unpaired) electrons. The molecule has 0 N–H and O–H groups in total. The molecule has 6 nitrogen and oxygen atoms in total. The van der Waals surface area contributed by atoms with Gasteiger partial charge in [-0.3, -0.25) is 9.59 Å². The Morgan fingerprint density at radius 2 is 1.82 bits per heavy atom. The third kappa shape index (κ3) is 6.45. The third-order valence-electron chi connectivity index (χ3n) is 8.06. The predicted molar refractivity (Wildman–Crippen MR) is 148 cm³/mol. The van der Waals surface area contributed by atoms with E-state index in [2.05, 4.69) is 0 Å². The maximum absolute atomic E-state index is 14.4. The first kappa shape index (κ1) is 29.9. The van der Waals surface area contributed by atoms with E-state index in [1.165, 1.54) is 29.7 Å². The summed E-state index contributed by atoms with van der Waals surface area (Å²) < 4.78 is 54.0. The number of alkyl halides is 3. The van der Waals surface area contributed by atoms with Gasteiger partial charge in [0.05, 0.1) is 16.8 Å². The molecule has 2 atom stereocenters. The van der Waals surface area contributed by atoms with Crippen LogP contribution < -0.4 is 9.64 Å². The molecule has 1 saturated carbocycles. The molecule has 2 aromatic carbocycles. The summed E-state index contributed by atoms with van der Waals surface area (Å²) >= 11 is 0. The first-order valence-corrected chi connectivity index (χ1v) is 14.0. The first-order valence-electron chi connectivity index (χ1n) is 14.0. The van der Waals surface area contributed by atoms with E-state index in [-0.39, 0.29) is 35.8 Å². The number of hydrogen-bond donors (Lipinski definition) is 0. The van der Waals surface area contributed by atoms with E-state index in [1.807, 2.05) is 30.3 Å². The highest BCUT2D eigenvalue weighted by Crippen LogP contribution is 2.44. The summed E-state index contributed by atoms with van der Waals surface area (Å²) in [5.74, 6) is -0.974. The molecular weight excluding hydrogens is 521 g/mol. The van der Waals surface area contributed by atoms with E-state index in [4.69, 9.17) is 9.47 Å². The molecule has 1 aliphatic heterocycles. The van der Waals surface area contributed by atoms with Crippen molar-refractivity contribution in [3.63, 3.8) is 0 Å². The van der Waals surface area contributed by atoms with Crippen LogP contribution >= 0.6 is 0 Å². The van der Waals surface area contributed by atoms with E-state index in [9.17, 15) is 22.8 Å². The average Bonchev–Trinajstić information content (AvgIpc) is 2.92. The molecule has 2 amide bonds. The molecular formula is C31H39F3N2O4. The van der Waals surface area contributed by atoms with Gasteiger partial charge in [-0.25, -0.2) is 0 Å². The number of carbonyl (C=O) groups excluding carboxylic acids is 2. The van der Waals surface area contributed by atoms with E-state index < -0.39 is 28.8 Å². The Morgan fingerprint density at radius 1 is 1.12 bits per heavy atom. The number of unbranched alkanes of at least 4 members (excludes halogenated alkanes) is 1. The van der Waals surface area contributed by atoms with Gasteiger partial charge in [0.25, 0.3) is 11.8 Å². The average molecular weight is 561 g/mol. The summed E-state index contributed by atoms with van der Waals surface area (Å²) in [6, 6.07) is 11.9. The maximum Gasteiger partial charge on any atom is 0.417 e. The van der Waals surface area contributed by atoms with Crippen molar-refractivity contribution in [2.75, 3.05) is 32.2 Å². The smallest absolute Gasteiger partial charge is 0.417 e. The normalized spacial score (nSPS) is 20.6. The summed E-state index contributed by atoms with van der Waals surface area (Å²) in [6.07, 6.45) is 0.806. The van der Waals surface area contributed by atoms with Crippen LogP contribution in [0.15, 0.2) is 42.5 Å². The number of nitrogens with zero attached hydrogens (tertiary/aromatic N) is 2. The predicted octanol–water partition coefficient (Wildman–Crippen LogP) is 6.51. The van der Waals surface area contributed by atoms with Crippen molar-refractivity contribution >= 4 is 17.5 Å². The zero-order chi connectivity index (χ0) is 29.1. The van der Waals surface area contributed by atoms with Crippen molar-refractivity contribution in [3.05, 3.63) is 59.2 Å². The zero-order valence-electron chi connectivity index (χ0n) is 23.7. The fourth-order valence-corrected chi connectivity index (χ4v) is 5.96. The minimum Gasteiger partial charge on any atom is -0.476 e. The summed E-state index contributed by atoms with van der Waals surface area (Å²) in [7, 11) is 3.19. The van der Waals surface area contributed by atoms with Crippen LogP contribution in [0.2, 0.25) is 0 Å². The van der Waals surface area contributed by atoms with Crippen LogP contribution in [0, 0.1) is 5.92 Å². The summed E-state index contributed by atoms with van der Waals surface area (Å²) in [6.45, 7) is 3.85. The third-order valence-corrected chi connectivity index (χ3v) is 8.06. The van der Waals surface area contributed by atoms with Crippen LogP contribution in [0.4, 0.5) is 18.9 Å². The number of amides is 2. The Kier molecular flexibility index (Phi) is 9.12. The molecule has 2 aromatic rings. The van der Waals surface area contributed by atoms with Gasteiger partial charge in [-0.1, -0.05) is 43.2 Å². The van der Waals surface area contributed by atoms with Crippen LogP contribution in [0.1, 0.15) is 73.9 Å². The number of benzene rings is 2. The van der Waals surface area contributed by atoms with Crippen molar-refractivity contribution < 1.29 is 32.2 Å². The molecule has 0 bridgehead atoms. The number of methoxy groups -OCH3 is 1. The molecule has 1 aliphatic carbocycles.